The maximum atomic E-state index is 12.7. The molecule has 0 aliphatic carbocycles. The second-order valence-electron chi connectivity index (χ2n) is 15.5. The van der Waals surface area contributed by atoms with Crippen molar-refractivity contribution in [3.05, 3.63) is 48.6 Å². The summed E-state index contributed by atoms with van der Waals surface area (Å²) in [4.78, 5) is 36.7. The van der Waals surface area contributed by atoms with Crippen molar-refractivity contribution >= 4 is 17.9 Å². The van der Waals surface area contributed by atoms with Crippen molar-refractivity contribution in [2.75, 3.05) is 41.0 Å². The van der Waals surface area contributed by atoms with Crippen molar-refractivity contribution < 1.29 is 38.2 Å². The van der Waals surface area contributed by atoms with Crippen LogP contribution in [-0.2, 0) is 28.6 Å². The molecule has 0 aliphatic heterocycles. The van der Waals surface area contributed by atoms with Gasteiger partial charge in [-0.2, -0.15) is 0 Å². The van der Waals surface area contributed by atoms with E-state index < -0.39 is 18.1 Å². The van der Waals surface area contributed by atoms with Crippen molar-refractivity contribution in [2.45, 2.75) is 187 Å². The van der Waals surface area contributed by atoms with E-state index in [1.165, 1.54) is 77.0 Å². The lowest BCUT2D eigenvalue weighted by Crippen LogP contribution is -2.55. The first-order valence-corrected chi connectivity index (χ1v) is 21.7. The Morgan fingerprint density at radius 1 is 0.556 bits per heavy atom. The summed E-state index contributed by atoms with van der Waals surface area (Å²) in [5, 5.41) is 11.6. The van der Waals surface area contributed by atoms with Crippen LogP contribution in [0.5, 0.6) is 0 Å². The molecule has 2 unspecified atom stereocenters. The predicted octanol–water partition coefficient (Wildman–Crippen LogP) is 10.3. The quantitative estimate of drug-likeness (QED) is 0.0267. The van der Waals surface area contributed by atoms with Gasteiger partial charge < -0.3 is 28.6 Å². The summed E-state index contributed by atoms with van der Waals surface area (Å²) in [5.74, 6) is -1.78. The Kier molecular flexibility index (Phi) is 35.4. The summed E-state index contributed by atoms with van der Waals surface area (Å²) in [6.45, 7) is 4.40. The third kappa shape index (κ3) is 35.0. The van der Waals surface area contributed by atoms with Crippen LogP contribution in [0.15, 0.2) is 48.6 Å². The fourth-order valence-electron chi connectivity index (χ4n) is 6.15. The van der Waals surface area contributed by atoms with Crippen LogP contribution in [-0.4, -0.2) is 75.5 Å². The molecule has 0 saturated carbocycles. The number of nitrogens with zero attached hydrogens (tertiary/aromatic N) is 1. The molecule has 0 aromatic rings. The summed E-state index contributed by atoms with van der Waals surface area (Å²) in [7, 11) is 5.39. The van der Waals surface area contributed by atoms with Gasteiger partial charge in [0.25, 0.3) is 0 Å². The number of hydrogen-bond donors (Lipinski definition) is 0. The Bertz CT molecular complexity index is 1030. The Morgan fingerprint density at radius 2 is 0.981 bits per heavy atom. The fourth-order valence-corrected chi connectivity index (χ4v) is 6.15. The number of carbonyl (C=O) groups excluding carboxylic acids is 3. The molecule has 0 heterocycles. The lowest BCUT2D eigenvalue weighted by molar-refractivity contribution is -0.889. The van der Waals surface area contributed by atoms with E-state index in [9.17, 15) is 19.5 Å². The zero-order valence-corrected chi connectivity index (χ0v) is 35.4. The fraction of sp³-hybridized carbons (Fsp3) is 0.761. The number of hydrogen-bond acceptors (Lipinski definition) is 7. The first-order chi connectivity index (χ1) is 26.1. The van der Waals surface area contributed by atoms with Crippen molar-refractivity contribution in [3.8, 4) is 0 Å². The van der Waals surface area contributed by atoms with Gasteiger partial charge in [0.05, 0.1) is 40.3 Å². The standard InChI is InChI=1S/C46H81NO7/c1-6-8-10-12-14-16-17-18-19-20-21-22-23-24-25-26-27-29-31-33-35-37-45(49)54-42(40-52-39-38-43(46(50)51)47(3,4)5)41-53-44(48)36-34-32-30-28-15-13-11-9-7-2/h8-11,14-16,28,42-43H,6-7,12-13,17-27,29-41H2,1-5H3/b10-8+,11-9+,16-14+,28-15+. The van der Waals surface area contributed by atoms with E-state index in [1.54, 1.807) is 21.1 Å². The topological polar surface area (TPSA) is 102 Å². The normalized spacial score (nSPS) is 13.4. The first kappa shape index (κ1) is 51.3. The minimum Gasteiger partial charge on any atom is -0.544 e. The van der Waals surface area contributed by atoms with E-state index in [-0.39, 0.29) is 42.7 Å². The molecular formula is C46H81NO7. The van der Waals surface area contributed by atoms with Crippen LogP contribution in [0.3, 0.4) is 0 Å². The van der Waals surface area contributed by atoms with E-state index >= 15 is 0 Å². The van der Waals surface area contributed by atoms with Gasteiger partial charge in [0.2, 0.25) is 0 Å². The highest BCUT2D eigenvalue weighted by Crippen LogP contribution is 2.15. The molecule has 312 valence electrons. The number of rotatable bonds is 38. The molecule has 0 aromatic heterocycles. The summed E-state index contributed by atoms with van der Waals surface area (Å²) in [6, 6.07) is -0.729. The van der Waals surface area contributed by atoms with Crippen LogP contribution in [0.2, 0.25) is 0 Å². The van der Waals surface area contributed by atoms with Crippen LogP contribution in [0.1, 0.15) is 174 Å². The predicted molar refractivity (Wildman–Crippen MR) is 222 cm³/mol. The molecule has 0 spiro atoms. The third-order valence-corrected chi connectivity index (χ3v) is 9.46. The van der Waals surface area contributed by atoms with Crippen LogP contribution >= 0.6 is 0 Å². The number of likely N-dealkylation sites (N-methyl/N-ethyl adjacent to an activating group) is 1. The van der Waals surface area contributed by atoms with Gasteiger partial charge in [-0.3, -0.25) is 9.59 Å². The first-order valence-electron chi connectivity index (χ1n) is 21.7. The van der Waals surface area contributed by atoms with Crippen LogP contribution in [0.4, 0.5) is 0 Å². The molecule has 0 saturated heterocycles. The van der Waals surface area contributed by atoms with E-state index in [0.29, 0.717) is 12.8 Å². The number of carbonyl (C=O) groups is 3. The van der Waals surface area contributed by atoms with Gasteiger partial charge in [0.15, 0.2) is 6.10 Å². The number of unbranched alkanes of at least 4 members (excludes halogenated alkanes) is 16. The van der Waals surface area contributed by atoms with Gasteiger partial charge in [-0.15, -0.1) is 0 Å². The van der Waals surface area contributed by atoms with Gasteiger partial charge in [0, 0.05) is 19.3 Å². The SMILES string of the molecule is CC/C=C/C/C=C/CCCCCCCCCCCCCCCCC(=O)OC(COCCC(C(=O)[O-])[N+](C)(C)C)COC(=O)CCCC/C=C/C/C=C/CC. The summed E-state index contributed by atoms with van der Waals surface area (Å²) in [5.41, 5.74) is 0. The molecular weight excluding hydrogens is 679 g/mol. The summed E-state index contributed by atoms with van der Waals surface area (Å²) in [6.07, 6.45) is 43.0. The lowest BCUT2D eigenvalue weighted by atomic mass is 10.0. The molecule has 0 aliphatic rings. The zero-order chi connectivity index (χ0) is 40.0. The van der Waals surface area contributed by atoms with Crippen molar-refractivity contribution in [2.24, 2.45) is 0 Å². The molecule has 8 heteroatoms. The maximum Gasteiger partial charge on any atom is 0.306 e. The van der Waals surface area contributed by atoms with Gasteiger partial charge in [-0.25, -0.2) is 0 Å². The minimum atomic E-state index is -1.13. The number of carboxylic acids is 1. The molecule has 0 rings (SSSR count). The van der Waals surface area contributed by atoms with Crippen molar-refractivity contribution in [3.63, 3.8) is 0 Å². The molecule has 0 bridgehead atoms. The molecule has 54 heavy (non-hydrogen) atoms. The molecule has 0 N–H and O–H groups in total. The van der Waals surface area contributed by atoms with E-state index in [2.05, 4.69) is 62.5 Å². The minimum absolute atomic E-state index is 0.0304. The molecule has 2 atom stereocenters. The zero-order valence-electron chi connectivity index (χ0n) is 35.4. The van der Waals surface area contributed by atoms with E-state index in [0.717, 1.165) is 64.2 Å². The highest BCUT2D eigenvalue weighted by Gasteiger charge is 2.25. The van der Waals surface area contributed by atoms with Gasteiger partial charge in [0.1, 0.15) is 12.6 Å². The summed E-state index contributed by atoms with van der Waals surface area (Å²) >= 11 is 0. The highest BCUT2D eigenvalue weighted by molar-refractivity contribution is 5.70. The molecule has 8 nitrogen and oxygen atoms in total. The Balaban J connectivity index is 4.23. The number of esters is 2. The van der Waals surface area contributed by atoms with E-state index in [1.807, 2.05) is 0 Å². The average Bonchev–Trinajstić information content (AvgIpc) is 3.12. The van der Waals surface area contributed by atoms with Crippen molar-refractivity contribution in [1.82, 2.24) is 0 Å². The van der Waals surface area contributed by atoms with Crippen LogP contribution in [0, 0.1) is 0 Å². The number of carboxylic acid groups (broad SMARTS) is 1. The van der Waals surface area contributed by atoms with Gasteiger partial charge in [-0.05, 0) is 64.2 Å². The van der Waals surface area contributed by atoms with Gasteiger partial charge >= 0.3 is 11.9 Å². The van der Waals surface area contributed by atoms with E-state index in [4.69, 9.17) is 14.2 Å². The summed E-state index contributed by atoms with van der Waals surface area (Å²) < 4.78 is 17.1. The smallest absolute Gasteiger partial charge is 0.306 e. The lowest BCUT2D eigenvalue weighted by Gasteiger charge is -2.34. The molecule has 0 amide bonds. The number of ether oxygens (including phenoxy) is 3. The third-order valence-electron chi connectivity index (χ3n) is 9.46. The number of aliphatic carboxylic acids is 1. The Hall–Kier alpha value is -2.71. The Morgan fingerprint density at radius 3 is 1.46 bits per heavy atom. The monoisotopic (exact) mass is 760 g/mol. The molecule has 0 aromatic carbocycles. The van der Waals surface area contributed by atoms with Crippen LogP contribution in [0.25, 0.3) is 0 Å². The second-order valence-corrected chi connectivity index (χ2v) is 15.5. The van der Waals surface area contributed by atoms with Crippen LogP contribution < -0.4 is 5.11 Å². The second kappa shape index (κ2) is 37.2. The highest BCUT2D eigenvalue weighted by atomic mass is 16.6. The number of quaternary nitrogens is 1. The van der Waals surface area contributed by atoms with Gasteiger partial charge in [-0.1, -0.05) is 140 Å². The largest absolute Gasteiger partial charge is 0.544 e. The molecule has 0 radical (unpaired) electrons. The Labute approximate surface area is 331 Å². The number of allylic oxidation sites excluding steroid dienone is 8. The average molecular weight is 760 g/mol. The van der Waals surface area contributed by atoms with Crippen molar-refractivity contribution in [1.29, 1.82) is 0 Å². The molecule has 0 fully saturated rings. The maximum absolute atomic E-state index is 12.7.